The highest BCUT2D eigenvalue weighted by Crippen LogP contribution is 2.11. The number of esters is 1. The summed E-state index contributed by atoms with van der Waals surface area (Å²) in [4.78, 5) is 23.6. The Labute approximate surface area is 109 Å². The first kappa shape index (κ1) is 12.7. The summed E-state index contributed by atoms with van der Waals surface area (Å²) in [5, 5.41) is 9.84. The van der Waals surface area contributed by atoms with Gasteiger partial charge in [-0.05, 0) is 12.1 Å². The van der Waals surface area contributed by atoms with E-state index >= 15 is 0 Å². The van der Waals surface area contributed by atoms with Gasteiger partial charge in [0.1, 0.15) is 0 Å². The molecule has 0 bridgehead atoms. The molecule has 0 aliphatic carbocycles. The predicted molar refractivity (Wildman–Crippen MR) is 67.8 cm³/mol. The van der Waals surface area contributed by atoms with Crippen molar-refractivity contribution in [2.24, 2.45) is 0 Å². The van der Waals surface area contributed by atoms with Crippen LogP contribution in [0, 0.1) is 0 Å². The third kappa shape index (κ3) is 2.92. The number of carbonyl (C=O) groups excluding carboxylic acids is 2. The molecule has 1 aromatic carbocycles. The maximum Gasteiger partial charge on any atom is 0.340 e. The van der Waals surface area contributed by atoms with Crippen LogP contribution < -0.4 is 5.32 Å². The number of methoxy groups -OCH3 is 1. The molecule has 0 saturated heterocycles. The summed E-state index contributed by atoms with van der Waals surface area (Å²) in [7, 11) is 1.24. The number of carbonyl (C=O) groups is 2. The first-order chi connectivity index (χ1) is 9.22. The fourth-order valence-corrected chi connectivity index (χ4v) is 1.49. The third-order valence-electron chi connectivity index (χ3n) is 2.41. The molecule has 1 heterocycles. The maximum atomic E-state index is 12.1. The van der Waals surface area contributed by atoms with E-state index in [4.69, 9.17) is 0 Å². The van der Waals surface area contributed by atoms with Crippen LogP contribution in [-0.2, 0) is 4.74 Å². The van der Waals surface area contributed by atoms with E-state index in [9.17, 15) is 9.59 Å². The van der Waals surface area contributed by atoms with Gasteiger partial charge in [-0.15, -0.1) is 0 Å². The molecule has 2 rings (SSSR count). The van der Waals surface area contributed by atoms with Gasteiger partial charge >= 0.3 is 5.97 Å². The quantitative estimate of drug-likeness (QED) is 0.843. The summed E-state index contributed by atoms with van der Waals surface area (Å²) >= 11 is 0. The molecule has 0 unspecified atom stereocenters. The van der Waals surface area contributed by atoms with Crippen LogP contribution in [0.15, 0.2) is 42.7 Å². The van der Waals surface area contributed by atoms with Crippen LogP contribution in [0.3, 0.4) is 0 Å². The number of ether oxygens (including phenoxy) is 1. The van der Waals surface area contributed by atoms with Crippen molar-refractivity contribution >= 4 is 17.6 Å². The number of rotatable bonds is 3. The minimum absolute atomic E-state index is 0.0749. The molecule has 6 nitrogen and oxygen atoms in total. The highest BCUT2D eigenvalue weighted by Gasteiger charge is 2.18. The summed E-state index contributed by atoms with van der Waals surface area (Å²) in [6.07, 6.45) is 2.43. The molecule has 0 fully saturated rings. The van der Waals surface area contributed by atoms with Gasteiger partial charge in [-0.2, -0.15) is 10.2 Å². The van der Waals surface area contributed by atoms with Crippen LogP contribution in [0.5, 0.6) is 0 Å². The number of amides is 1. The van der Waals surface area contributed by atoms with Gasteiger partial charge < -0.3 is 10.1 Å². The number of hydrogen-bond donors (Lipinski definition) is 1. The average Bonchev–Trinajstić information content (AvgIpc) is 2.47. The molecule has 0 spiro atoms. The fraction of sp³-hybridized carbons (Fsp3) is 0.0769. The zero-order valence-electron chi connectivity index (χ0n) is 10.2. The molecule has 19 heavy (non-hydrogen) atoms. The largest absolute Gasteiger partial charge is 0.465 e. The summed E-state index contributed by atoms with van der Waals surface area (Å²) in [6.45, 7) is 0. The maximum absolute atomic E-state index is 12.1. The molecular weight excluding hydrogens is 246 g/mol. The van der Waals surface area contributed by atoms with E-state index in [0.717, 1.165) is 0 Å². The van der Waals surface area contributed by atoms with Crippen molar-refractivity contribution in [3.63, 3.8) is 0 Å². The van der Waals surface area contributed by atoms with Crippen LogP contribution in [-0.4, -0.2) is 29.2 Å². The summed E-state index contributed by atoms with van der Waals surface area (Å²) in [5.41, 5.74) is 0.816. The van der Waals surface area contributed by atoms with Crippen LogP contribution in [0.25, 0.3) is 0 Å². The Bertz CT molecular complexity index is 599. The second-order valence-electron chi connectivity index (χ2n) is 3.63. The molecule has 0 saturated carbocycles. The van der Waals surface area contributed by atoms with Gasteiger partial charge in [-0.25, -0.2) is 4.79 Å². The van der Waals surface area contributed by atoms with Gasteiger partial charge in [0.2, 0.25) is 0 Å². The average molecular weight is 257 g/mol. The molecule has 1 aromatic heterocycles. The topological polar surface area (TPSA) is 81.2 Å². The number of nitrogens with zero attached hydrogens (tertiary/aromatic N) is 2. The zero-order valence-corrected chi connectivity index (χ0v) is 10.2. The highest BCUT2D eigenvalue weighted by molar-refractivity contribution is 6.10. The lowest BCUT2D eigenvalue weighted by atomic mass is 10.1. The third-order valence-corrected chi connectivity index (χ3v) is 2.41. The summed E-state index contributed by atoms with van der Waals surface area (Å²) in [6, 6.07) is 8.90. The van der Waals surface area contributed by atoms with Gasteiger partial charge in [0.05, 0.1) is 30.6 Å². The highest BCUT2D eigenvalue weighted by atomic mass is 16.5. The summed E-state index contributed by atoms with van der Waals surface area (Å²) < 4.78 is 4.59. The van der Waals surface area contributed by atoms with E-state index in [2.05, 4.69) is 20.3 Å². The van der Waals surface area contributed by atoms with Gasteiger partial charge in [0.25, 0.3) is 5.91 Å². The van der Waals surface area contributed by atoms with Crippen LogP contribution in [0.4, 0.5) is 5.69 Å². The Hall–Kier alpha value is -2.76. The Morgan fingerprint density at radius 3 is 2.32 bits per heavy atom. The van der Waals surface area contributed by atoms with Crippen molar-refractivity contribution < 1.29 is 14.3 Å². The van der Waals surface area contributed by atoms with E-state index in [1.165, 1.54) is 19.5 Å². The van der Waals surface area contributed by atoms with E-state index in [0.29, 0.717) is 5.69 Å². The Morgan fingerprint density at radius 1 is 1.05 bits per heavy atom. The summed E-state index contributed by atoms with van der Waals surface area (Å²) in [5.74, 6) is -1.07. The normalized spacial score (nSPS) is 9.74. The van der Waals surface area contributed by atoms with E-state index in [-0.39, 0.29) is 11.1 Å². The second-order valence-corrected chi connectivity index (χ2v) is 3.63. The number of benzene rings is 1. The van der Waals surface area contributed by atoms with Crippen molar-refractivity contribution in [2.75, 3.05) is 12.4 Å². The van der Waals surface area contributed by atoms with Gasteiger partial charge in [0.15, 0.2) is 0 Å². The zero-order chi connectivity index (χ0) is 13.7. The van der Waals surface area contributed by atoms with Crippen LogP contribution >= 0.6 is 0 Å². The van der Waals surface area contributed by atoms with Crippen LogP contribution in [0.2, 0.25) is 0 Å². The monoisotopic (exact) mass is 257 g/mol. The SMILES string of the molecule is COC(=O)c1cnncc1C(=O)Nc1ccccc1. The van der Waals surface area contributed by atoms with Gasteiger partial charge in [0, 0.05) is 5.69 Å². The van der Waals surface area contributed by atoms with Gasteiger partial charge in [-0.1, -0.05) is 18.2 Å². The first-order valence-corrected chi connectivity index (χ1v) is 5.48. The number of nitrogens with one attached hydrogen (secondary N) is 1. The minimum atomic E-state index is -0.631. The first-order valence-electron chi connectivity index (χ1n) is 5.48. The molecular formula is C13H11N3O3. The van der Waals surface area contributed by atoms with Crippen LogP contribution in [0.1, 0.15) is 20.7 Å². The van der Waals surface area contributed by atoms with Crippen molar-refractivity contribution in [1.82, 2.24) is 10.2 Å². The van der Waals surface area contributed by atoms with E-state index in [1.54, 1.807) is 24.3 Å². The van der Waals surface area contributed by atoms with E-state index in [1.807, 2.05) is 6.07 Å². The number of hydrogen-bond acceptors (Lipinski definition) is 5. The van der Waals surface area contributed by atoms with Crippen molar-refractivity contribution in [1.29, 1.82) is 0 Å². The molecule has 6 heteroatoms. The molecule has 0 atom stereocenters. The lowest BCUT2D eigenvalue weighted by Gasteiger charge is -2.07. The standard InChI is InChI=1S/C13H11N3O3/c1-19-13(18)11-8-15-14-7-10(11)12(17)16-9-5-3-2-4-6-9/h2-8H,1H3,(H,16,17). The number of anilines is 1. The molecule has 1 amide bonds. The van der Waals surface area contributed by atoms with Crippen molar-refractivity contribution in [3.8, 4) is 0 Å². The van der Waals surface area contributed by atoms with Crippen molar-refractivity contribution in [3.05, 3.63) is 53.9 Å². The number of aromatic nitrogens is 2. The molecule has 0 aliphatic rings. The molecule has 96 valence electrons. The lowest BCUT2D eigenvalue weighted by molar-refractivity contribution is 0.0596. The van der Waals surface area contributed by atoms with Crippen molar-refractivity contribution in [2.45, 2.75) is 0 Å². The van der Waals surface area contributed by atoms with E-state index < -0.39 is 11.9 Å². The predicted octanol–water partition coefficient (Wildman–Crippen LogP) is 1.52. The smallest absolute Gasteiger partial charge is 0.340 e. The Balaban J connectivity index is 2.27. The lowest BCUT2D eigenvalue weighted by Crippen LogP contribution is -2.18. The second kappa shape index (κ2) is 5.72. The molecule has 2 aromatic rings. The Kier molecular flexibility index (Phi) is 3.82. The fourth-order valence-electron chi connectivity index (χ4n) is 1.49. The molecule has 1 N–H and O–H groups in total. The number of para-hydroxylation sites is 1. The Morgan fingerprint density at radius 2 is 1.68 bits per heavy atom. The molecule has 0 aliphatic heterocycles. The van der Waals surface area contributed by atoms with Gasteiger partial charge in [-0.3, -0.25) is 4.79 Å². The molecule has 0 radical (unpaired) electrons. The minimum Gasteiger partial charge on any atom is -0.465 e.